The molecule has 138 valence electrons. The van der Waals surface area contributed by atoms with Crippen LogP contribution in [0.2, 0.25) is 0 Å². The zero-order valence-electron chi connectivity index (χ0n) is 14.9. The third-order valence-corrected chi connectivity index (χ3v) is 5.29. The van der Waals surface area contributed by atoms with E-state index in [9.17, 15) is 0 Å². The van der Waals surface area contributed by atoms with Crippen molar-refractivity contribution in [2.45, 2.75) is 19.7 Å². The molecule has 4 heteroatoms. The normalized spacial score (nSPS) is 10.5. The lowest BCUT2D eigenvalue weighted by Gasteiger charge is -2.15. The summed E-state index contributed by atoms with van der Waals surface area (Å²) >= 11 is 1.78. The lowest BCUT2D eigenvalue weighted by Crippen LogP contribution is -2.13. The number of hydrogen-bond acceptors (Lipinski definition) is 3. The number of fused-ring (bicyclic) bond motifs is 1. The molecule has 0 aliphatic carbocycles. The summed E-state index contributed by atoms with van der Waals surface area (Å²) in [5.41, 5.74) is 2.40. The number of ether oxygens (including phenoxy) is 1. The van der Waals surface area contributed by atoms with Gasteiger partial charge in [-0.25, -0.2) is 0 Å². The van der Waals surface area contributed by atoms with Gasteiger partial charge in [-0.2, -0.15) is 0 Å². The van der Waals surface area contributed by atoms with Gasteiger partial charge in [0, 0.05) is 23.5 Å². The smallest absolute Gasteiger partial charge is 0.124 e. The summed E-state index contributed by atoms with van der Waals surface area (Å²) in [5, 5.41) is 8.17. The Morgan fingerprint density at radius 2 is 1.59 bits per heavy atom. The second kappa shape index (κ2) is 9.56. The van der Waals surface area contributed by atoms with Crippen LogP contribution >= 0.6 is 23.7 Å². The fraction of sp³-hybridized carbons (Fsp3) is 0.130. The zero-order chi connectivity index (χ0) is 17.6. The van der Waals surface area contributed by atoms with E-state index in [2.05, 4.69) is 71.4 Å². The molecule has 0 radical (unpaired) electrons. The first kappa shape index (κ1) is 19.4. The Hall–Kier alpha value is -2.33. The number of benzene rings is 3. The first-order chi connectivity index (χ1) is 12.9. The van der Waals surface area contributed by atoms with E-state index in [0.29, 0.717) is 6.61 Å². The molecule has 4 rings (SSSR count). The fourth-order valence-corrected chi connectivity index (χ4v) is 3.77. The maximum Gasteiger partial charge on any atom is 0.124 e. The molecule has 0 bridgehead atoms. The van der Waals surface area contributed by atoms with Gasteiger partial charge in [-0.1, -0.05) is 66.7 Å². The van der Waals surface area contributed by atoms with Crippen LogP contribution < -0.4 is 10.1 Å². The molecule has 0 saturated heterocycles. The highest BCUT2D eigenvalue weighted by atomic mass is 35.5. The first-order valence-electron chi connectivity index (χ1n) is 8.80. The predicted molar refractivity (Wildman–Crippen MR) is 117 cm³/mol. The molecule has 1 N–H and O–H groups in total. The van der Waals surface area contributed by atoms with Crippen molar-refractivity contribution in [3.8, 4) is 5.75 Å². The largest absolute Gasteiger partial charge is 0.489 e. The van der Waals surface area contributed by atoms with Gasteiger partial charge in [-0.3, -0.25) is 0 Å². The van der Waals surface area contributed by atoms with Gasteiger partial charge in [-0.05, 0) is 33.8 Å². The minimum atomic E-state index is 0. The van der Waals surface area contributed by atoms with Gasteiger partial charge in [0.25, 0.3) is 0 Å². The van der Waals surface area contributed by atoms with E-state index in [0.717, 1.165) is 18.8 Å². The maximum atomic E-state index is 6.18. The van der Waals surface area contributed by atoms with Crippen molar-refractivity contribution in [1.82, 2.24) is 5.32 Å². The van der Waals surface area contributed by atoms with E-state index in [1.54, 1.807) is 11.3 Å². The van der Waals surface area contributed by atoms with Crippen LogP contribution in [0.3, 0.4) is 0 Å². The average Bonchev–Trinajstić information content (AvgIpc) is 3.21. The fourth-order valence-electron chi connectivity index (χ4n) is 3.09. The molecule has 2 nitrogen and oxygen atoms in total. The number of halogens is 1. The number of thiophene rings is 1. The lowest BCUT2D eigenvalue weighted by molar-refractivity contribution is 0.302. The van der Waals surface area contributed by atoms with E-state index >= 15 is 0 Å². The van der Waals surface area contributed by atoms with Gasteiger partial charge in [0.05, 0.1) is 0 Å². The molecule has 3 aromatic carbocycles. The summed E-state index contributed by atoms with van der Waals surface area (Å²) in [6, 6.07) is 27.3. The highest BCUT2D eigenvalue weighted by Crippen LogP contribution is 2.29. The summed E-state index contributed by atoms with van der Waals surface area (Å²) < 4.78 is 6.18. The standard InChI is InChI=1S/C23H21NOS.ClH/c1-2-7-18(8-3-1)17-25-23-13-12-19-9-4-5-11-21(19)22(23)16-24-15-20-10-6-14-26-20;/h1-14,24H,15-17H2;1H. The van der Waals surface area contributed by atoms with Crippen LogP contribution in [0.25, 0.3) is 10.8 Å². The van der Waals surface area contributed by atoms with Crippen molar-refractivity contribution >= 4 is 34.5 Å². The Morgan fingerprint density at radius 1 is 0.778 bits per heavy atom. The van der Waals surface area contributed by atoms with Crippen molar-refractivity contribution in [3.63, 3.8) is 0 Å². The van der Waals surface area contributed by atoms with E-state index in [1.807, 2.05) is 18.2 Å². The number of rotatable bonds is 7. The Morgan fingerprint density at radius 3 is 2.41 bits per heavy atom. The quantitative estimate of drug-likeness (QED) is 0.402. The van der Waals surface area contributed by atoms with Crippen LogP contribution in [0.1, 0.15) is 16.0 Å². The molecule has 0 aliphatic heterocycles. The maximum absolute atomic E-state index is 6.18. The summed E-state index contributed by atoms with van der Waals surface area (Å²) in [4.78, 5) is 1.34. The first-order valence-corrected chi connectivity index (χ1v) is 9.68. The topological polar surface area (TPSA) is 21.3 Å². The van der Waals surface area contributed by atoms with Crippen LogP contribution in [0.4, 0.5) is 0 Å². The summed E-state index contributed by atoms with van der Waals surface area (Å²) in [7, 11) is 0. The summed E-state index contributed by atoms with van der Waals surface area (Å²) in [6.07, 6.45) is 0. The molecule has 0 fully saturated rings. The van der Waals surface area contributed by atoms with Gasteiger partial charge in [0.2, 0.25) is 0 Å². The zero-order valence-corrected chi connectivity index (χ0v) is 16.6. The molecule has 27 heavy (non-hydrogen) atoms. The molecule has 0 aliphatic rings. The minimum absolute atomic E-state index is 0. The van der Waals surface area contributed by atoms with Crippen LogP contribution in [-0.4, -0.2) is 0 Å². The van der Waals surface area contributed by atoms with Crippen molar-refractivity contribution in [2.24, 2.45) is 0 Å². The highest BCUT2D eigenvalue weighted by Gasteiger charge is 2.09. The van der Waals surface area contributed by atoms with Crippen LogP contribution in [-0.2, 0) is 19.7 Å². The second-order valence-corrected chi connectivity index (χ2v) is 7.25. The average molecular weight is 396 g/mol. The van der Waals surface area contributed by atoms with Gasteiger partial charge in [-0.15, -0.1) is 23.7 Å². The molecule has 4 aromatic rings. The lowest BCUT2D eigenvalue weighted by atomic mass is 10.0. The Kier molecular flexibility index (Phi) is 6.88. The molecule has 0 saturated carbocycles. The number of hydrogen-bond donors (Lipinski definition) is 1. The van der Waals surface area contributed by atoms with Crippen LogP contribution in [0.15, 0.2) is 84.2 Å². The minimum Gasteiger partial charge on any atom is -0.489 e. The molecule has 0 unspecified atom stereocenters. The number of nitrogens with one attached hydrogen (secondary N) is 1. The van der Waals surface area contributed by atoms with Crippen LogP contribution in [0, 0.1) is 0 Å². The SMILES string of the molecule is Cl.c1ccc(COc2ccc3ccccc3c2CNCc2cccs2)cc1. The Bertz CT molecular complexity index is 970. The van der Waals surface area contributed by atoms with Gasteiger partial charge in [0.1, 0.15) is 12.4 Å². The predicted octanol–water partition coefficient (Wildman–Crippen LogP) is 6.19. The van der Waals surface area contributed by atoms with Gasteiger partial charge in [0.15, 0.2) is 0 Å². The van der Waals surface area contributed by atoms with E-state index in [1.165, 1.54) is 26.8 Å². The molecule has 0 spiro atoms. The molecule has 1 aromatic heterocycles. The van der Waals surface area contributed by atoms with Crippen molar-refractivity contribution in [1.29, 1.82) is 0 Å². The third-order valence-electron chi connectivity index (χ3n) is 4.42. The molecular weight excluding hydrogens is 374 g/mol. The van der Waals surface area contributed by atoms with Crippen LogP contribution in [0.5, 0.6) is 5.75 Å². The van der Waals surface area contributed by atoms with Gasteiger partial charge < -0.3 is 10.1 Å². The van der Waals surface area contributed by atoms with Crippen molar-refractivity contribution in [2.75, 3.05) is 0 Å². The Balaban J connectivity index is 0.00000210. The van der Waals surface area contributed by atoms with Crippen molar-refractivity contribution < 1.29 is 4.74 Å². The van der Waals surface area contributed by atoms with E-state index in [4.69, 9.17) is 4.74 Å². The molecule has 0 amide bonds. The third kappa shape index (κ3) is 4.89. The highest BCUT2D eigenvalue weighted by molar-refractivity contribution is 7.09. The van der Waals surface area contributed by atoms with Crippen molar-refractivity contribution in [3.05, 3.63) is 100 Å². The molecule has 1 heterocycles. The second-order valence-electron chi connectivity index (χ2n) is 6.22. The van der Waals surface area contributed by atoms with E-state index < -0.39 is 0 Å². The molecular formula is C23H22ClNOS. The summed E-state index contributed by atoms with van der Waals surface area (Å²) in [6.45, 7) is 2.24. The summed E-state index contributed by atoms with van der Waals surface area (Å²) in [5.74, 6) is 0.950. The van der Waals surface area contributed by atoms with E-state index in [-0.39, 0.29) is 12.4 Å². The Labute approximate surface area is 170 Å². The van der Waals surface area contributed by atoms with Gasteiger partial charge >= 0.3 is 0 Å². The molecule has 0 atom stereocenters. The monoisotopic (exact) mass is 395 g/mol.